The molecule has 3 rings (SSSR count). The van der Waals surface area contributed by atoms with Gasteiger partial charge in [-0.15, -0.1) is 0 Å². The van der Waals surface area contributed by atoms with Gasteiger partial charge in [-0.25, -0.2) is 9.97 Å². The average molecular weight is 408 g/mol. The molecule has 30 heavy (non-hydrogen) atoms. The Morgan fingerprint density at radius 3 is 2.40 bits per heavy atom. The van der Waals surface area contributed by atoms with E-state index in [2.05, 4.69) is 9.97 Å². The van der Waals surface area contributed by atoms with Gasteiger partial charge in [0.25, 0.3) is 0 Å². The van der Waals surface area contributed by atoms with Crippen molar-refractivity contribution < 1.29 is 23.7 Å². The van der Waals surface area contributed by atoms with E-state index in [1.807, 2.05) is 30.3 Å². The third-order valence-electron chi connectivity index (χ3n) is 4.12. The third-order valence-corrected chi connectivity index (χ3v) is 4.12. The second kappa shape index (κ2) is 10.9. The van der Waals surface area contributed by atoms with Crippen LogP contribution in [0.1, 0.15) is 19.0 Å². The van der Waals surface area contributed by atoms with Crippen LogP contribution in [0.15, 0.2) is 60.8 Å². The molecule has 0 atom stereocenters. The monoisotopic (exact) mass is 408 g/mol. The minimum Gasteiger partial charge on any atom is -0.490 e. The molecule has 0 radical (unpaired) electrons. The lowest BCUT2D eigenvalue weighted by atomic mass is 10.2. The number of ether oxygens (including phenoxy) is 4. The highest BCUT2D eigenvalue weighted by molar-refractivity contribution is 5.72. The summed E-state index contributed by atoms with van der Waals surface area (Å²) in [5, 5.41) is 0. The Bertz CT molecular complexity index is 977. The smallest absolute Gasteiger partial charge is 0.311 e. The molecule has 0 unspecified atom stereocenters. The number of carbonyl (C=O) groups excluding carboxylic acids is 1. The van der Waals surface area contributed by atoms with Gasteiger partial charge in [-0.05, 0) is 30.3 Å². The molecule has 0 N–H and O–H groups in total. The number of rotatable bonds is 10. The first-order valence-corrected chi connectivity index (χ1v) is 9.66. The van der Waals surface area contributed by atoms with E-state index in [9.17, 15) is 4.79 Å². The Labute approximate surface area is 175 Å². The predicted molar refractivity (Wildman–Crippen MR) is 112 cm³/mol. The number of hydrogen-bond donors (Lipinski definition) is 0. The summed E-state index contributed by atoms with van der Waals surface area (Å²) >= 11 is 0. The van der Waals surface area contributed by atoms with Gasteiger partial charge in [0, 0.05) is 19.7 Å². The highest BCUT2D eigenvalue weighted by Gasteiger charge is 2.12. The van der Waals surface area contributed by atoms with E-state index in [1.165, 1.54) is 0 Å². The van der Waals surface area contributed by atoms with Gasteiger partial charge >= 0.3 is 5.97 Å². The topological polar surface area (TPSA) is 79.8 Å². The van der Waals surface area contributed by atoms with Crippen molar-refractivity contribution in [1.29, 1.82) is 0 Å². The van der Waals surface area contributed by atoms with Crippen LogP contribution >= 0.6 is 0 Å². The lowest BCUT2D eigenvalue weighted by Crippen LogP contribution is -2.08. The standard InChI is InChI=1S/C23H24N2O5/c1-3-22(26)30-21-11-7-6-10-20(21)29-16-17-12-13-24-23(25-17)18-8-4-5-9-19(18)28-15-14-27-2/h4-13H,3,14-16H2,1-2H3. The van der Waals surface area contributed by atoms with E-state index in [1.54, 1.807) is 44.5 Å². The van der Waals surface area contributed by atoms with Crippen LogP contribution in [0.4, 0.5) is 0 Å². The normalized spacial score (nSPS) is 10.5. The van der Waals surface area contributed by atoms with E-state index in [0.717, 1.165) is 5.56 Å². The van der Waals surface area contributed by atoms with Crippen molar-refractivity contribution in [3.05, 3.63) is 66.5 Å². The molecule has 7 heteroatoms. The molecule has 0 saturated carbocycles. The number of aromatic nitrogens is 2. The van der Waals surface area contributed by atoms with Crippen molar-refractivity contribution in [3.63, 3.8) is 0 Å². The molecule has 0 aliphatic carbocycles. The lowest BCUT2D eigenvalue weighted by molar-refractivity contribution is -0.134. The summed E-state index contributed by atoms with van der Waals surface area (Å²) < 4.78 is 22.0. The maximum atomic E-state index is 11.6. The van der Waals surface area contributed by atoms with Crippen LogP contribution in [0.2, 0.25) is 0 Å². The Balaban J connectivity index is 1.74. The van der Waals surface area contributed by atoms with Gasteiger partial charge in [-0.3, -0.25) is 4.79 Å². The van der Waals surface area contributed by atoms with E-state index in [-0.39, 0.29) is 19.0 Å². The second-order valence-corrected chi connectivity index (χ2v) is 6.27. The number of esters is 1. The summed E-state index contributed by atoms with van der Waals surface area (Å²) in [6.07, 6.45) is 1.96. The van der Waals surface area contributed by atoms with E-state index in [4.69, 9.17) is 18.9 Å². The van der Waals surface area contributed by atoms with Crippen LogP contribution < -0.4 is 14.2 Å². The molecule has 2 aromatic carbocycles. The first-order valence-electron chi connectivity index (χ1n) is 9.66. The molecular weight excluding hydrogens is 384 g/mol. The van der Waals surface area contributed by atoms with Crippen molar-refractivity contribution in [2.24, 2.45) is 0 Å². The number of carbonyl (C=O) groups is 1. The highest BCUT2D eigenvalue weighted by atomic mass is 16.6. The zero-order valence-corrected chi connectivity index (χ0v) is 17.0. The SMILES string of the molecule is CCC(=O)Oc1ccccc1OCc1ccnc(-c2ccccc2OCCOC)n1. The van der Waals surface area contributed by atoms with Gasteiger partial charge in [0.1, 0.15) is 19.0 Å². The maximum absolute atomic E-state index is 11.6. The molecule has 0 spiro atoms. The molecule has 7 nitrogen and oxygen atoms in total. The number of nitrogens with zero attached hydrogens (tertiary/aromatic N) is 2. The third kappa shape index (κ3) is 5.78. The minimum absolute atomic E-state index is 0.197. The van der Waals surface area contributed by atoms with Gasteiger partial charge in [0.15, 0.2) is 17.3 Å². The van der Waals surface area contributed by atoms with Gasteiger partial charge in [0.05, 0.1) is 17.9 Å². The summed E-state index contributed by atoms with van der Waals surface area (Å²) in [5.41, 5.74) is 1.47. The van der Waals surface area contributed by atoms with Crippen molar-refractivity contribution in [2.45, 2.75) is 20.0 Å². The lowest BCUT2D eigenvalue weighted by Gasteiger charge is -2.12. The van der Waals surface area contributed by atoms with Crippen molar-refractivity contribution in [1.82, 2.24) is 9.97 Å². The Morgan fingerprint density at radius 2 is 1.63 bits per heavy atom. The molecule has 156 valence electrons. The molecule has 0 aliphatic heterocycles. The maximum Gasteiger partial charge on any atom is 0.311 e. The van der Waals surface area contributed by atoms with Crippen molar-refractivity contribution in [3.8, 4) is 28.6 Å². The van der Waals surface area contributed by atoms with Crippen LogP contribution in [-0.2, 0) is 16.1 Å². The first-order chi connectivity index (χ1) is 14.7. The van der Waals surface area contributed by atoms with Crippen LogP contribution in [0, 0.1) is 0 Å². The molecule has 1 heterocycles. The van der Waals surface area contributed by atoms with Gasteiger partial charge < -0.3 is 18.9 Å². The largest absolute Gasteiger partial charge is 0.490 e. The van der Waals surface area contributed by atoms with Crippen LogP contribution in [0.5, 0.6) is 17.2 Å². The van der Waals surface area contributed by atoms with Crippen molar-refractivity contribution in [2.75, 3.05) is 20.3 Å². The fourth-order valence-electron chi connectivity index (χ4n) is 2.62. The Hall–Kier alpha value is -3.45. The van der Waals surface area contributed by atoms with Gasteiger partial charge in [-0.1, -0.05) is 31.2 Å². The fraction of sp³-hybridized carbons (Fsp3) is 0.261. The zero-order chi connectivity index (χ0) is 21.2. The molecule has 0 saturated heterocycles. The van der Waals surface area contributed by atoms with E-state index in [0.29, 0.717) is 42.0 Å². The predicted octanol–water partition coefficient (Wildman–Crippen LogP) is 4.06. The number of benzene rings is 2. The molecule has 3 aromatic rings. The summed E-state index contributed by atoms with van der Waals surface area (Å²) in [7, 11) is 1.63. The molecule has 1 aromatic heterocycles. The molecule has 0 fully saturated rings. The average Bonchev–Trinajstić information content (AvgIpc) is 2.79. The van der Waals surface area contributed by atoms with E-state index < -0.39 is 0 Å². The Morgan fingerprint density at radius 1 is 0.900 bits per heavy atom. The van der Waals surface area contributed by atoms with Gasteiger partial charge in [0.2, 0.25) is 0 Å². The number of hydrogen-bond acceptors (Lipinski definition) is 7. The first kappa shape index (κ1) is 21.3. The highest BCUT2D eigenvalue weighted by Crippen LogP contribution is 2.29. The Kier molecular flexibility index (Phi) is 7.74. The molecule has 0 aliphatic rings. The molecule has 0 amide bonds. The fourth-order valence-corrected chi connectivity index (χ4v) is 2.62. The summed E-state index contributed by atoms with van der Waals surface area (Å²) in [6.45, 7) is 2.86. The second-order valence-electron chi connectivity index (χ2n) is 6.27. The quantitative estimate of drug-likeness (QED) is 0.284. The van der Waals surface area contributed by atoms with Crippen LogP contribution in [0.25, 0.3) is 11.4 Å². The number of methoxy groups -OCH3 is 1. The molecule has 0 bridgehead atoms. The summed E-state index contributed by atoms with van der Waals surface area (Å²) in [4.78, 5) is 20.6. The molecular formula is C23H24N2O5. The van der Waals surface area contributed by atoms with Crippen LogP contribution in [0.3, 0.4) is 0 Å². The van der Waals surface area contributed by atoms with E-state index >= 15 is 0 Å². The zero-order valence-electron chi connectivity index (χ0n) is 17.0. The van der Waals surface area contributed by atoms with Crippen molar-refractivity contribution >= 4 is 5.97 Å². The number of para-hydroxylation sites is 3. The van der Waals surface area contributed by atoms with Gasteiger partial charge in [-0.2, -0.15) is 0 Å². The van der Waals surface area contributed by atoms with Crippen LogP contribution in [-0.4, -0.2) is 36.3 Å². The minimum atomic E-state index is -0.319. The summed E-state index contributed by atoms with van der Waals surface area (Å²) in [6, 6.07) is 16.4. The summed E-state index contributed by atoms with van der Waals surface area (Å²) in [5.74, 6) is 1.76.